The van der Waals surface area contributed by atoms with Crippen LogP contribution in [-0.2, 0) is 4.79 Å². The van der Waals surface area contributed by atoms with Gasteiger partial charge in [-0.15, -0.1) is 0 Å². The van der Waals surface area contributed by atoms with E-state index in [9.17, 15) is 9.59 Å². The maximum absolute atomic E-state index is 12.8. The van der Waals surface area contributed by atoms with Gasteiger partial charge in [0.05, 0.1) is 0 Å². The number of piperidine rings is 2. The molecule has 1 N–H and O–H groups in total. The van der Waals surface area contributed by atoms with Gasteiger partial charge >= 0.3 is 6.03 Å². The topological polar surface area (TPSA) is 52.7 Å². The Morgan fingerprint density at radius 1 is 0.786 bits per heavy atom. The van der Waals surface area contributed by atoms with Crippen molar-refractivity contribution in [3.05, 3.63) is 0 Å². The van der Waals surface area contributed by atoms with Crippen molar-refractivity contribution in [2.24, 2.45) is 17.8 Å². The summed E-state index contributed by atoms with van der Waals surface area (Å²) < 4.78 is 0. The Labute approximate surface area is 170 Å². The highest BCUT2D eigenvalue weighted by Gasteiger charge is 2.35. The van der Waals surface area contributed by atoms with E-state index in [2.05, 4.69) is 10.2 Å². The molecule has 4 unspecified atom stereocenters. The third-order valence-electron chi connectivity index (χ3n) is 7.99. The average Bonchev–Trinajstić information content (AvgIpc) is 2.75. The standard InChI is InChI=1S/C23H39N3O2/c27-22(26-15-6-10-19-8-3-4-11-21(19)26)12-5-14-24-23(28)25-16-13-18-7-1-2-9-20(18)17-25/h18-21H,1-17H2,(H,24,28). The maximum Gasteiger partial charge on any atom is 0.317 e. The van der Waals surface area contributed by atoms with Gasteiger partial charge in [-0.2, -0.15) is 0 Å². The van der Waals surface area contributed by atoms with Crippen molar-refractivity contribution in [3.63, 3.8) is 0 Å². The molecule has 0 aromatic heterocycles. The zero-order chi connectivity index (χ0) is 19.3. The number of amides is 3. The fourth-order valence-corrected chi connectivity index (χ4v) is 6.41. The van der Waals surface area contributed by atoms with E-state index in [0.29, 0.717) is 24.9 Å². The average molecular weight is 390 g/mol. The summed E-state index contributed by atoms with van der Waals surface area (Å²) >= 11 is 0. The first kappa shape index (κ1) is 20.0. The Morgan fingerprint density at radius 3 is 2.36 bits per heavy atom. The second-order valence-electron chi connectivity index (χ2n) is 9.72. The van der Waals surface area contributed by atoms with E-state index in [-0.39, 0.29) is 6.03 Å². The van der Waals surface area contributed by atoms with Gasteiger partial charge in [0.15, 0.2) is 0 Å². The minimum atomic E-state index is 0.0850. The molecule has 2 aliphatic carbocycles. The van der Waals surface area contributed by atoms with Crippen molar-refractivity contribution in [2.75, 3.05) is 26.2 Å². The molecule has 4 rings (SSSR count). The van der Waals surface area contributed by atoms with Gasteiger partial charge in [-0.25, -0.2) is 4.79 Å². The second-order valence-corrected chi connectivity index (χ2v) is 9.72. The highest BCUT2D eigenvalue weighted by molar-refractivity contribution is 5.77. The van der Waals surface area contributed by atoms with Gasteiger partial charge in [-0.3, -0.25) is 4.79 Å². The normalized spacial score (nSPS) is 33.0. The molecule has 0 aromatic carbocycles. The highest BCUT2D eigenvalue weighted by atomic mass is 16.2. The van der Waals surface area contributed by atoms with Crippen LogP contribution in [0.1, 0.15) is 83.5 Å². The highest BCUT2D eigenvalue weighted by Crippen LogP contribution is 2.36. The summed E-state index contributed by atoms with van der Waals surface area (Å²) in [6, 6.07) is 0.586. The van der Waals surface area contributed by atoms with Crippen LogP contribution in [0.3, 0.4) is 0 Å². The Kier molecular flexibility index (Phi) is 6.79. The predicted molar refractivity (Wildman–Crippen MR) is 111 cm³/mol. The van der Waals surface area contributed by atoms with Crippen LogP contribution < -0.4 is 5.32 Å². The minimum Gasteiger partial charge on any atom is -0.339 e. The van der Waals surface area contributed by atoms with E-state index in [1.54, 1.807) is 0 Å². The number of nitrogens with one attached hydrogen (secondary N) is 1. The van der Waals surface area contributed by atoms with E-state index < -0.39 is 0 Å². The van der Waals surface area contributed by atoms with Gasteiger partial charge in [0.2, 0.25) is 5.91 Å². The molecule has 28 heavy (non-hydrogen) atoms. The summed E-state index contributed by atoms with van der Waals surface area (Å²) in [5, 5.41) is 3.08. The Bertz CT molecular complexity index is 550. The molecule has 4 aliphatic rings. The van der Waals surface area contributed by atoms with E-state index in [1.807, 2.05) is 4.90 Å². The summed E-state index contributed by atoms with van der Waals surface area (Å²) in [7, 11) is 0. The number of carbonyl (C=O) groups is 2. The lowest BCUT2D eigenvalue weighted by molar-refractivity contribution is -0.137. The lowest BCUT2D eigenvalue weighted by Crippen LogP contribution is -2.50. The van der Waals surface area contributed by atoms with E-state index in [1.165, 1.54) is 70.6 Å². The van der Waals surface area contributed by atoms with Crippen LogP contribution in [0.15, 0.2) is 0 Å². The van der Waals surface area contributed by atoms with Gasteiger partial charge in [0.1, 0.15) is 0 Å². The van der Waals surface area contributed by atoms with Crippen molar-refractivity contribution in [3.8, 4) is 0 Å². The quantitative estimate of drug-likeness (QED) is 0.734. The summed E-state index contributed by atoms with van der Waals surface area (Å²) in [4.78, 5) is 29.5. The lowest BCUT2D eigenvalue weighted by Gasteiger charge is -2.44. The molecular weight excluding hydrogens is 350 g/mol. The molecule has 3 amide bonds. The molecule has 2 heterocycles. The molecular formula is C23H39N3O2. The SMILES string of the molecule is O=C(NCCCC(=O)N1CCCC2CCCCC21)N1CCC2CCCCC2C1. The smallest absolute Gasteiger partial charge is 0.317 e. The summed E-state index contributed by atoms with van der Waals surface area (Å²) in [5.74, 6) is 2.63. The zero-order valence-electron chi connectivity index (χ0n) is 17.5. The molecule has 4 atom stereocenters. The van der Waals surface area contributed by atoms with Gasteiger partial charge in [0.25, 0.3) is 0 Å². The first-order valence-electron chi connectivity index (χ1n) is 12.0. The van der Waals surface area contributed by atoms with Crippen LogP contribution >= 0.6 is 0 Å². The van der Waals surface area contributed by atoms with Crippen LogP contribution in [0, 0.1) is 17.8 Å². The summed E-state index contributed by atoms with van der Waals surface area (Å²) in [6.45, 7) is 3.41. The predicted octanol–water partition coefficient (Wildman–Crippen LogP) is 4.17. The van der Waals surface area contributed by atoms with Crippen molar-refractivity contribution >= 4 is 11.9 Å². The van der Waals surface area contributed by atoms with Crippen molar-refractivity contribution < 1.29 is 9.59 Å². The second kappa shape index (κ2) is 9.49. The van der Waals surface area contributed by atoms with E-state index in [4.69, 9.17) is 0 Å². The number of fused-ring (bicyclic) bond motifs is 2. The van der Waals surface area contributed by atoms with Crippen molar-refractivity contribution in [1.29, 1.82) is 0 Å². The monoisotopic (exact) mass is 389 g/mol. The van der Waals surface area contributed by atoms with Crippen LogP contribution in [0.5, 0.6) is 0 Å². The molecule has 0 aromatic rings. The molecule has 4 fully saturated rings. The fraction of sp³-hybridized carbons (Fsp3) is 0.913. The number of rotatable bonds is 4. The van der Waals surface area contributed by atoms with Crippen LogP contribution in [0.25, 0.3) is 0 Å². The lowest BCUT2D eigenvalue weighted by atomic mass is 9.75. The van der Waals surface area contributed by atoms with Crippen LogP contribution in [0.2, 0.25) is 0 Å². The number of nitrogens with zero attached hydrogens (tertiary/aromatic N) is 2. The van der Waals surface area contributed by atoms with Gasteiger partial charge in [0, 0.05) is 38.6 Å². The molecule has 0 bridgehead atoms. The largest absolute Gasteiger partial charge is 0.339 e. The first-order valence-corrected chi connectivity index (χ1v) is 12.0. The molecule has 2 saturated heterocycles. The molecule has 2 saturated carbocycles. The Morgan fingerprint density at radius 2 is 1.50 bits per heavy atom. The number of urea groups is 1. The number of likely N-dealkylation sites (tertiary alicyclic amines) is 2. The van der Waals surface area contributed by atoms with Gasteiger partial charge < -0.3 is 15.1 Å². The first-order chi connectivity index (χ1) is 13.7. The molecule has 5 nitrogen and oxygen atoms in total. The zero-order valence-corrected chi connectivity index (χ0v) is 17.5. The van der Waals surface area contributed by atoms with Gasteiger partial charge in [-0.05, 0) is 62.7 Å². The number of carbonyl (C=O) groups excluding carboxylic acids is 2. The molecule has 158 valence electrons. The molecule has 5 heteroatoms. The Hall–Kier alpha value is -1.26. The van der Waals surface area contributed by atoms with Gasteiger partial charge in [-0.1, -0.05) is 32.1 Å². The minimum absolute atomic E-state index is 0.0850. The van der Waals surface area contributed by atoms with Crippen LogP contribution in [0.4, 0.5) is 4.79 Å². The summed E-state index contributed by atoms with van der Waals surface area (Å²) in [5.41, 5.74) is 0. The van der Waals surface area contributed by atoms with E-state index >= 15 is 0 Å². The third-order valence-corrected chi connectivity index (χ3v) is 7.99. The Balaban J connectivity index is 1.16. The molecule has 0 spiro atoms. The maximum atomic E-state index is 12.8. The van der Waals surface area contributed by atoms with Crippen molar-refractivity contribution in [1.82, 2.24) is 15.1 Å². The molecule has 0 radical (unpaired) electrons. The van der Waals surface area contributed by atoms with Crippen molar-refractivity contribution in [2.45, 2.75) is 89.5 Å². The number of hydrogen-bond donors (Lipinski definition) is 1. The third kappa shape index (κ3) is 4.65. The number of hydrogen-bond acceptors (Lipinski definition) is 2. The fourth-order valence-electron chi connectivity index (χ4n) is 6.41. The summed E-state index contributed by atoms with van der Waals surface area (Å²) in [6.07, 6.45) is 15.5. The van der Waals surface area contributed by atoms with Crippen LogP contribution in [-0.4, -0.2) is 54.0 Å². The van der Waals surface area contributed by atoms with E-state index in [0.717, 1.165) is 43.8 Å². The molecule has 2 aliphatic heterocycles.